The number of anilines is 1. The van der Waals surface area contributed by atoms with Crippen molar-refractivity contribution in [2.24, 2.45) is 5.92 Å². The lowest BCUT2D eigenvalue weighted by Gasteiger charge is -2.30. The third-order valence-corrected chi connectivity index (χ3v) is 7.22. The first-order valence-electron chi connectivity index (χ1n) is 12.7. The van der Waals surface area contributed by atoms with Crippen LogP contribution in [0.2, 0.25) is 0 Å². The molecule has 4 heteroatoms. The van der Waals surface area contributed by atoms with Gasteiger partial charge in [-0.25, -0.2) is 9.97 Å². The van der Waals surface area contributed by atoms with Gasteiger partial charge >= 0.3 is 0 Å². The van der Waals surface area contributed by atoms with Gasteiger partial charge in [0.15, 0.2) is 5.82 Å². The number of rotatable bonds is 8. The molecule has 0 atom stereocenters. The summed E-state index contributed by atoms with van der Waals surface area (Å²) in [6.07, 6.45) is 13.7. The van der Waals surface area contributed by atoms with E-state index >= 15 is 0 Å². The van der Waals surface area contributed by atoms with Gasteiger partial charge in [0.05, 0.1) is 6.61 Å². The van der Waals surface area contributed by atoms with E-state index in [4.69, 9.17) is 9.72 Å². The maximum absolute atomic E-state index is 6.08. The van der Waals surface area contributed by atoms with E-state index in [9.17, 15) is 0 Å². The Balaban J connectivity index is 1.30. The molecule has 2 aliphatic carbocycles. The normalized spacial score (nSPS) is 17.2. The van der Waals surface area contributed by atoms with Gasteiger partial charge in [0.1, 0.15) is 11.6 Å². The van der Waals surface area contributed by atoms with E-state index in [1.807, 2.05) is 6.20 Å². The first kappa shape index (κ1) is 21.9. The van der Waals surface area contributed by atoms with Gasteiger partial charge in [0, 0.05) is 24.3 Å². The Morgan fingerprint density at radius 2 is 1.52 bits per heavy atom. The molecule has 2 aromatic carbocycles. The van der Waals surface area contributed by atoms with Crippen LogP contribution >= 0.6 is 0 Å². The zero-order chi connectivity index (χ0) is 22.3. The van der Waals surface area contributed by atoms with Crippen molar-refractivity contribution in [2.45, 2.75) is 70.4 Å². The minimum atomic E-state index is 0.545. The van der Waals surface area contributed by atoms with Crippen LogP contribution in [0.1, 0.15) is 63.4 Å². The van der Waals surface area contributed by atoms with Crippen LogP contribution in [0.25, 0.3) is 11.4 Å². The van der Waals surface area contributed by atoms with Gasteiger partial charge in [-0.05, 0) is 67.5 Å². The third kappa shape index (κ3) is 5.73. The van der Waals surface area contributed by atoms with Crippen molar-refractivity contribution < 1.29 is 4.74 Å². The monoisotopic (exact) mass is 441 g/mol. The van der Waals surface area contributed by atoms with E-state index in [2.05, 4.69) is 70.5 Å². The molecule has 0 spiro atoms. The second-order valence-corrected chi connectivity index (χ2v) is 9.63. The number of hydrogen-bond donors (Lipinski definition) is 0. The van der Waals surface area contributed by atoms with E-state index in [1.165, 1.54) is 63.4 Å². The number of hydrogen-bond acceptors (Lipinski definition) is 4. The van der Waals surface area contributed by atoms with Crippen LogP contribution in [0.3, 0.4) is 0 Å². The van der Waals surface area contributed by atoms with Crippen LogP contribution < -0.4 is 9.64 Å². The molecule has 1 aromatic heterocycles. The van der Waals surface area contributed by atoms with Crippen LogP contribution in [0.15, 0.2) is 66.9 Å². The number of ether oxygens (including phenoxy) is 1. The Bertz CT molecular complexity index is 993. The largest absolute Gasteiger partial charge is 0.493 e. The van der Waals surface area contributed by atoms with Crippen molar-refractivity contribution in [3.63, 3.8) is 0 Å². The molecule has 3 aromatic rings. The molecule has 0 saturated heterocycles. The topological polar surface area (TPSA) is 38.2 Å². The van der Waals surface area contributed by atoms with E-state index in [1.54, 1.807) is 0 Å². The third-order valence-electron chi connectivity index (χ3n) is 7.22. The van der Waals surface area contributed by atoms with Gasteiger partial charge in [-0.2, -0.15) is 0 Å². The Labute approximate surface area is 198 Å². The number of benzene rings is 2. The molecule has 2 aliphatic rings. The molecule has 0 N–H and O–H groups in total. The molecule has 5 rings (SSSR count). The first-order valence-corrected chi connectivity index (χ1v) is 12.7. The molecule has 1 heterocycles. The summed E-state index contributed by atoms with van der Waals surface area (Å²) >= 11 is 0. The summed E-state index contributed by atoms with van der Waals surface area (Å²) in [7, 11) is 0. The quantitative estimate of drug-likeness (QED) is 0.375. The molecule has 172 valence electrons. The van der Waals surface area contributed by atoms with Crippen LogP contribution in [-0.4, -0.2) is 22.6 Å². The maximum Gasteiger partial charge on any atom is 0.161 e. The standard InChI is InChI=1S/C29H35N3O/c1-3-9-23(10-4-1)21-32(26-13-7-8-14-26)28-19-20-30-29(31-28)25-15-17-27(18-16-25)33-22-24-11-5-2-6-12-24/h1,3-4,9-10,15-20,24,26H,2,5-8,11-14,21-22H2. The minimum absolute atomic E-state index is 0.545. The fourth-order valence-electron chi connectivity index (χ4n) is 5.31. The molecule has 2 saturated carbocycles. The molecule has 0 radical (unpaired) electrons. The molecule has 0 unspecified atom stereocenters. The van der Waals surface area contributed by atoms with Crippen molar-refractivity contribution in [3.05, 3.63) is 72.4 Å². The summed E-state index contributed by atoms with van der Waals surface area (Å²) in [5, 5.41) is 0. The molecule has 33 heavy (non-hydrogen) atoms. The van der Waals surface area contributed by atoms with Crippen molar-refractivity contribution in [1.29, 1.82) is 0 Å². The molecule has 0 aliphatic heterocycles. The van der Waals surface area contributed by atoms with Crippen LogP contribution in [0.4, 0.5) is 5.82 Å². The Hall–Kier alpha value is -2.88. The van der Waals surface area contributed by atoms with Gasteiger partial charge in [-0.1, -0.05) is 62.4 Å². The predicted octanol–water partition coefficient (Wildman–Crippen LogP) is 7.05. The summed E-state index contributed by atoms with van der Waals surface area (Å²) < 4.78 is 6.08. The predicted molar refractivity (Wildman–Crippen MR) is 134 cm³/mol. The highest BCUT2D eigenvalue weighted by atomic mass is 16.5. The highest BCUT2D eigenvalue weighted by Crippen LogP contribution is 2.30. The van der Waals surface area contributed by atoms with E-state index in [0.717, 1.165) is 36.1 Å². The summed E-state index contributed by atoms with van der Waals surface area (Å²) in [6.45, 7) is 1.72. The van der Waals surface area contributed by atoms with Gasteiger partial charge in [0.2, 0.25) is 0 Å². The Morgan fingerprint density at radius 3 is 2.27 bits per heavy atom. The van der Waals surface area contributed by atoms with Crippen molar-refractivity contribution in [2.75, 3.05) is 11.5 Å². The smallest absolute Gasteiger partial charge is 0.161 e. The summed E-state index contributed by atoms with van der Waals surface area (Å²) in [5.74, 6) is 3.46. The molecule has 4 nitrogen and oxygen atoms in total. The average molecular weight is 442 g/mol. The van der Waals surface area contributed by atoms with Gasteiger partial charge in [-0.3, -0.25) is 0 Å². The van der Waals surface area contributed by atoms with Crippen molar-refractivity contribution in [1.82, 2.24) is 9.97 Å². The highest BCUT2D eigenvalue weighted by Gasteiger charge is 2.24. The van der Waals surface area contributed by atoms with Gasteiger partial charge in [-0.15, -0.1) is 0 Å². The lowest BCUT2D eigenvalue weighted by Crippen LogP contribution is -2.33. The second-order valence-electron chi connectivity index (χ2n) is 9.63. The first-order chi connectivity index (χ1) is 16.3. The summed E-state index contributed by atoms with van der Waals surface area (Å²) in [4.78, 5) is 12.1. The summed E-state index contributed by atoms with van der Waals surface area (Å²) in [5.41, 5.74) is 2.36. The lowest BCUT2D eigenvalue weighted by molar-refractivity contribution is 0.209. The van der Waals surface area contributed by atoms with Crippen LogP contribution in [0, 0.1) is 5.92 Å². The average Bonchev–Trinajstić information content (AvgIpc) is 3.42. The molecule has 2 fully saturated rings. The Kier molecular flexibility index (Phi) is 7.20. The van der Waals surface area contributed by atoms with E-state index in [-0.39, 0.29) is 0 Å². The van der Waals surface area contributed by atoms with Crippen molar-refractivity contribution >= 4 is 5.82 Å². The maximum atomic E-state index is 6.08. The number of aromatic nitrogens is 2. The number of nitrogens with zero attached hydrogens (tertiary/aromatic N) is 3. The Morgan fingerprint density at radius 1 is 0.788 bits per heavy atom. The molecular formula is C29H35N3O. The minimum Gasteiger partial charge on any atom is -0.493 e. The SMILES string of the molecule is c1ccc(CN(c2ccnc(-c3ccc(OCC4CCCCC4)cc3)n2)C2CCCC2)cc1. The fourth-order valence-corrected chi connectivity index (χ4v) is 5.31. The lowest BCUT2D eigenvalue weighted by atomic mass is 9.90. The summed E-state index contributed by atoms with van der Waals surface area (Å²) in [6, 6.07) is 21.6. The van der Waals surface area contributed by atoms with Gasteiger partial charge < -0.3 is 9.64 Å². The zero-order valence-corrected chi connectivity index (χ0v) is 19.5. The fraction of sp³-hybridized carbons (Fsp3) is 0.448. The van der Waals surface area contributed by atoms with Crippen LogP contribution in [-0.2, 0) is 6.54 Å². The van der Waals surface area contributed by atoms with E-state index in [0.29, 0.717) is 12.0 Å². The zero-order valence-electron chi connectivity index (χ0n) is 19.5. The van der Waals surface area contributed by atoms with Crippen LogP contribution in [0.5, 0.6) is 5.75 Å². The molecular weight excluding hydrogens is 406 g/mol. The molecule has 0 amide bonds. The molecule has 0 bridgehead atoms. The van der Waals surface area contributed by atoms with Crippen molar-refractivity contribution in [3.8, 4) is 17.1 Å². The highest BCUT2D eigenvalue weighted by molar-refractivity contribution is 5.58. The van der Waals surface area contributed by atoms with E-state index < -0.39 is 0 Å². The second kappa shape index (κ2) is 10.8. The van der Waals surface area contributed by atoms with Gasteiger partial charge in [0.25, 0.3) is 0 Å².